The molecule has 2 aromatic heterocycles. The van der Waals surface area contributed by atoms with Crippen LogP contribution in [0.25, 0.3) is 0 Å². The highest BCUT2D eigenvalue weighted by atomic mass is 31.2. The summed E-state index contributed by atoms with van der Waals surface area (Å²) in [5.74, 6) is -0.0840. The lowest BCUT2D eigenvalue weighted by Gasteiger charge is -2.40. The SMILES string of the molecule is CNC(=O)CCOCCOCCOCCN(CCOCCOCCOCCn1cc(CCO[C@H]2O[C@H](CCP(=O)(O)O)[C@@H](O)[C@H](O)[C@@H]2O)nn1)CCOCCOCCOCCn1cc(CCO[C@H]2O[C@H](CCP(=O)(O)O)[C@@H](O)[C@H](O)[C@@H]2O)nn1. The van der Waals surface area contributed by atoms with Crippen LogP contribution in [0.4, 0.5) is 0 Å². The van der Waals surface area contributed by atoms with Crippen LogP contribution in [0.2, 0.25) is 0 Å². The van der Waals surface area contributed by atoms with Crippen molar-refractivity contribution in [2.24, 2.45) is 0 Å². The topological polar surface area (TPSA) is 450 Å². The van der Waals surface area contributed by atoms with E-state index in [4.69, 9.17) is 81.2 Å². The zero-order valence-electron chi connectivity index (χ0n) is 47.6. The van der Waals surface area contributed by atoms with Crippen molar-refractivity contribution in [3.05, 3.63) is 23.8 Å². The molecule has 11 N–H and O–H groups in total. The molecule has 0 radical (unpaired) electrons. The zero-order chi connectivity index (χ0) is 61.0. The number of carbonyl (C=O) groups is 1. The first-order chi connectivity index (χ1) is 40.3. The molecule has 2 fully saturated rings. The summed E-state index contributed by atoms with van der Waals surface area (Å²) in [7, 11) is -7.17. The maximum Gasteiger partial charge on any atom is 0.325 e. The van der Waals surface area contributed by atoms with E-state index in [2.05, 4.69) is 30.8 Å². The first kappa shape index (κ1) is 73.7. The maximum atomic E-state index is 11.3. The Labute approximate surface area is 487 Å². The third-order valence-corrected chi connectivity index (χ3v) is 14.5. The number of aliphatic hydroxyl groups is 6. The lowest BCUT2D eigenvalue weighted by Crippen LogP contribution is -2.58. The molecule has 1 amide bonds. The Hall–Kier alpha value is -2.75. The fourth-order valence-corrected chi connectivity index (χ4v) is 9.19. The van der Waals surface area contributed by atoms with Crippen LogP contribution < -0.4 is 5.32 Å². The number of carbonyl (C=O) groups excluding carboxylic acids is 1. The van der Waals surface area contributed by atoms with Crippen LogP contribution in [0.3, 0.4) is 0 Å². The van der Waals surface area contributed by atoms with E-state index in [0.29, 0.717) is 169 Å². The molecule has 84 heavy (non-hydrogen) atoms. The quantitative estimate of drug-likeness (QED) is 0.0218. The minimum Gasteiger partial charge on any atom is -0.388 e. The number of nitrogens with one attached hydrogen (secondary N) is 1. The number of nitrogens with zero attached hydrogens (tertiary/aromatic N) is 7. The molecule has 10 atom stereocenters. The Bertz CT molecular complexity index is 1990. The van der Waals surface area contributed by atoms with Crippen molar-refractivity contribution >= 4 is 21.1 Å². The van der Waals surface area contributed by atoms with Crippen LogP contribution in [0.1, 0.15) is 30.7 Å². The molecule has 0 saturated carbocycles. The van der Waals surface area contributed by atoms with Crippen molar-refractivity contribution in [3.63, 3.8) is 0 Å². The Morgan fingerprint density at radius 1 is 0.500 bits per heavy atom. The first-order valence-corrected chi connectivity index (χ1v) is 31.5. The molecule has 36 heteroatoms. The van der Waals surface area contributed by atoms with E-state index in [0.717, 1.165) is 0 Å². The maximum absolute atomic E-state index is 11.3. The molecular formula is C48H90N8O26P2. The van der Waals surface area contributed by atoms with Gasteiger partial charge in [0.2, 0.25) is 5.91 Å². The lowest BCUT2D eigenvalue weighted by molar-refractivity contribution is -0.296. The number of rotatable bonds is 50. The summed E-state index contributed by atoms with van der Waals surface area (Å²) in [5.41, 5.74) is 1.15. The predicted molar refractivity (Wildman–Crippen MR) is 288 cm³/mol. The van der Waals surface area contributed by atoms with Crippen LogP contribution in [-0.2, 0) is 101 Å². The first-order valence-electron chi connectivity index (χ1n) is 28.0. The van der Waals surface area contributed by atoms with Gasteiger partial charge in [-0.15, -0.1) is 10.2 Å². The summed E-state index contributed by atoms with van der Waals surface area (Å²) in [6.45, 7) is 9.62. The average molecular weight is 1260 g/mol. The molecule has 488 valence electrons. The van der Waals surface area contributed by atoms with Crippen LogP contribution in [0, 0.1) is 0 Å². The van der Waals surface area contributed by atoms with Gasteiger partial charge in [0.05, 0.1) is 181 Å². The van der Waals surface area contributed by atoms with E-state index in [1.165, 1.54) is 0 Å². The van der Waals surface area contributed by atoms with Crippen molar-refractivity contribution < 1.29 is 126 Å². The van der Waals surface area contributed by atoms with Gasteiger partial charge in [0.25, 0.3) is 0 Å². The molecule has 0 aromatic carbocycles. The Morgan fingerprint density at radius 2 is 0.833 bits per heavy atom. The third-order valence-electron chi connectivity index (χ3n) is 12.8. The second-order valence-electron chi connectivity index (χ2n) is 19.3. The monoisotopic (exact) mass is 1260 g/mol. The molecular weight excluding hydrogens is 1170 g/mol. The number of amides is 1. The van der Waals surface area contributed by atoms with Gasteiger partial charge in [-0.05, 0) is 12.8 Å². The summed E-state index contributed by atoms with van der Waals surface area (Å²) in [5, 5.41) is 80.2. The van der Waals surface area contributed by atoms with E-state index in [1.54, 1.807) is 28.8 Å². The van der Waals surface area contributed by atoms with Gasteiger partial charge in [0.1, 0.15) is 36.6 Å². The van der Waals surface area contributed by atoms with Gasteiger partial charge in [0, 0.05) is 58.3 Å². The molecule has 0 spiro atoms. The normalized spacial score (nSPS) is 23.2. The minimum absolute atomic E-state index is 0.0175. The number of hydrogen-bond acceptors (Lipinski definition) is 27. The summed E-state index contributed by atoms with van der Waals surface area (Å²) in [4.78, 5) is 50.1. The van der Waals surface area contributed by atoms with E-state index in [9.17, 15) is 44.6 Å². The standard InChI is InChI=1S/C48H90N8O26P2/c1-49-40(57)4-12-70-20-26-76-27-21-71-15-7-54(8-16-72-22-28-77-30-24-74-18-10-55-34-36(50-52-55)2-13-79-47-45(62)43(60)41(58)38(81-47)5-32-83(64,65)66)9-17-73-23-29-78-31-25-75-19-11-56-35-37(51-53-56)3-14-80-48-46(63)44(61)42(59)39(82-48)6-33-84(67,68)69/h34-35,38-39,41-48,58-63H,2-33H2,1H3,(H,49,57)(H2,64,65,66)(H2,67,68,69)/t38-,39-,41-,42-,43+,44+,45+,46+,47+,48+/m1/s1. The number of aliphatic hydroxyl groups excluding tert-OH is 6. The van der Waals surface area contributed by atoms with Crippen LogP contribution in [-0.4, -0.2) is 324 Å². The molecule has 2 aromatic rings. The zero-order valence-corrected chi connectivity index (χ0v) is 49.4. The number of ether oxygens (including phenoxy) is 13. The van der Waals surface area contributed by atoms with Crippen molar-refractivity contribution in [1.82, 2.24) is 40.2 Å². The Balaban J connectivity index is 1.01. The Kier molecular flexibility index (Phi) is 37.1. The highest BCUT2D eigenvalue weighted by molar-refractivity contribution is 7.52. The largest absolute Gasteiger partial charge is 0.388 e. The second-order valence-corrected chi connectivity index (χ2v) is 22.9. The Morgan fingerprint density at radius 3 is 1.18 bits per heavy atom. The molecule has 0 bridgehead atoms. The van der Waals surface area contributed by atoms with E-state index < -0.39 is 88.9 Å². The fraction of sp³-hybridized carbons (Fsp3) is 0.896. The van der Waals surface area contributed by atoms with Gasteiger partial charge in [-0.1, -0.05) is 10.4 Å². The lowest BCUT2D eigenvalue weighted by atomic mass is 9.97. The van der Waals surface area contributed by atoms with Crippen molar-refractivity contribution in [2.75, 3.05) is 171 Å². The summed E-state index contributed by atoms with van der Waals surface area (Å²) < 4.78 is 98.9. The van der Waals surface area contributed by atoms with Gasteiger partial charge >= 0.3 is 15.2 Å². The average Bonchev–Trinajstić information content (AvgIpc) is 4.19. The van der Waals surface area contributed by atoms with E-state index in [1.807, 2.05) is 0 Å². The van der Waals surface area contributed by atoms with Crippen LogP contribution in [0.15, 0.2) is 12.4 Å². The molecule has 34 nitrogen and oxygen atoms in total. The minimum atomic E-state index is -4.37. The third kappa shape index (κ3) is 31.9. The highest BCUT2D eigenvalue weighted by Crippen LogP contribution is 2.38. The molecule has 4 rings (SSSR count). The van der Waals surface area contributed by atoms with Gasteiger partial charge in [-0.3, -0.25) is 18.8 Å². The fourth-order valence-electron chi connectivity index (χ4n) is 8.01. The van der Waals surface area contributed by atoms with Crippen LogP contribution >= 0.6 is 15.2 Å². The highest BCUT2D eigenvalue weighted by Gasteiger charge is 2.46. The predicted octanol–water partition coefficient (Wildman–Crippen LogP) is -4.97. The van der Waals surface area contributed by atoms with E-state index in [-0.39, 0.29) is 44.8 Å². The van der Waals surface area contributed by atoms with Crippen molar-refractivity contribution in [2.45, 2.75) is 107 Å². The van der Waals surface area contributed by atoms with Crippen molar-refractivity contribution in [3.8, 4) is 0 Å². The molecule has 0 aliphatic carbocycles. The van der Waals surface area contributed by atoms with Gasteiger partial charge < -0.3 is 117 Å². The summed E-state index contributed by atoms with van der Waals surface area (Å²) >= 11 is 0. The number of aromatic nitrogens is 6. The summed E-state index contributed by atoms with van der Waals surface area (Å²) in [6.07, 6.45) is -11.8. The summed E-state index contributed by atoms with van der Waals surface area (Å²) in [6, 6.07) is 0. The molecule has 2 aliphatic rings. The van der Waals surface area contributed by atoms with Crippen LogP contribution in [0.5, 0.6) is 0 Å². The van der Waals surface area contributed by atoms with E-state index >= 15 is 0 Å². The van der Waals surface area contributed by atoms with Gasteiger partial charge in [0.15, 0.2) is 12.6 Å². The van der Waals surface area contributed by atoms with Gasteiger partial charge in [-0.25, -0.2) is 9.36 Å². The van der Waals surface area contributed by atoms with Crippen molar-refractivity contribution in [1.29, 1.82) is 0 Å². The molecule has 2 saturated heterocycles. The molecule has 2 aliphatic heterocycles. The molecule has 4 heterocycles. The van der Waals surface area contributed by atoms with Gasteiger partial charge in [-0.2, -0.15) is 0 Å². The second kappa shape index (κ2) is 42.2. The molecule has 0 unspecified atom stereocenters. The number of hydrogen-bond donors (Lipinski definition) is 11. The smallest absolute Gasteiger partial charge is 0.325 e.